The van der Waals surface area contributed by atoms with Crippen molar-refractivity contribution in [3.8, 4) is 17.1 Å². The molecule has 0 bridgehead atoms. The number of benzene rings is 3. The monoisotopic (exact) mass is 476 g/mol. The number of anilines is 1. The third-order valence-corrected chi connectivity index (χ3v) is 6.36. The van der Waals surface area contributed by atoms with Crippen LogP contribution in [0.25, 0.3) is 11.3 Å². The van der Waals surface area contributed by atoms with Gasteiger partial charge in [0.2, 0.25) is 11.0 Å². The Morgan fingerprint density at radius 3 is 2.53 bits per heavy atom. The van der Waals surface area contributed by atoms with Crippen molar-refractivity contribution < 1.29 is 4.74 Å². The summed E-state index contributed by atoms with van der Waals surface area (Å²) in [6.07, 6.45) is -0.411. The minimum atomic E-state index is -0.411. The molecule has 1 N–H and O–H groups in total. The summed E-state index contributed by atoms with van der Waals surface area (Å²) in [6, 6.07) is 26.2. The Hall–Kier alpha value is -2.90. The SMILES string of the molecule is Brc1ccccc1[C@@H]1Nc2ccccc2-c2nnc(SCc3ccccc3)nc2O1. The maximum absolute atomic E-state index is 6.33. The Kier molecular flexibility index (Phi) is 5.38. The van der Waals surface area contributed by atoms with Gasteiger partial charge < -0.3 is 10.1 Å². The van der Waals surface area contributed by atoms with Crippen molar-refractivity contribution in [1.82, 2.24) is 15.2 Å². The largest absolute Gasteiger partial charge is 0.448 e. The molecule has 0 spiro atoms. The third kappa shape index (κ3) is 3.91. The van der Waals surface area contributed by atoms with Crippen LogP contribution in [0, 0.1) is 0 Å². The van der Waals surface area contributed by atoms with Crippen molar-refractivity contribution in [3.05, 3.63) is 94.5 Å². The van der Waals surface area contributed by atoms with E-state index in [-0.39, 0.29) is 0 Å². The van der Waals surface area contributed by atoms with Crippen molar-refractivity contribution in [1.29, 1.82) is 0 Å². The maximum Gasteiger partial charge on any atom is 0.247 e. The van der Waals surface area contributed by atoms with Crippen molar-refractivity contribution >= 4 is 33.4 Å². The van der Waals surface area contributed by atoms with E-state index in [9.17, 15) is 0 Å². The summed E-state index contributed by atoms with van der Waals surface area (Å²) in [6.45, 7) is 0. The molecule has 0 saturated carbocycles. The summed E-state index contributed by atoms with van der Waals surface area (Å²) in [5.74, 6) is 1.24. The van der Waals surface area contributed by atoms with Gasteiger partial charge >= 0.3 is 0 Å². The van der Waals surface area contributed by atoms with E-state index < -0.39 is 6.23 Å². The van der Waals surface area contributed by atoms with Crippen LogP contribution in [0.15, 0.2) is 88.5 Å². The standard InChI is InChI=1S/C23H17BrN4OS/c24-18-12-6-4-10-16(18)21-25-19-13-7-5-11-17(19)20-22(29-21)26-23(28-27-20)30-14-15-8-2-1-3-9-15/h1-13,21,25H,14H2/t21-/m1/s1. The Bertz CT molecular complexity index is 1190. The van der Waals surface area contributed by atoms with Gasteiger partial charge in [-0.25, -0.2) is 0 Å². The van der Waals surface area contributed by atoms with Crippen LogP contribution in [-0.4, -0.2) is 15.2 Å². The highest BCUT2D eigenvalue weighted by Gasteiger charge is 2.26. The highest BCUT2D eigenvalue weighted by molar-refractivity contribution is 9.10. The van der Waals surface area contributed by atoms with E-state index in [0.717, 1.165) is 27.0 Å². The van der Waals surface area contributed by atoms with E-state index in [2.05, 4.69) is 43.6 Å². The second-order valence-corrected chi connectivity index (χ2v) is 8.53. The van der Waals surface area contributed by atoms with Crippen LogP contribution in [0.4, 0.5) is 5.69 Å². The Morgan fingerprint density at radius 2 is 1.67 bits per heavy atom. The fraction of sp³-hybridized carbons (Fsp3) is 0.0870. The van der Waals surface area contributed by atoms with Gasteiger partial charge in [0.25, 0.3) is 0 Å². The quantitative estimate of drug-likeness (QED) is 0.359. The minimum Gasteiger partial charge on any atom is -0.448 e. The topological polar surface area (TPSA) is 59.9 Å². The summed E-state index contributed by atoms with van der Waals surface area (Å²) in [4.78, 5) is 4.70. The molecule has 4 aromatic rings. The van der Waals surface area contributed by atoms with E-state index >= 15 is 0 Å². The molecule has 0 unspecified atom stereocenters. The van der Waals surface area contributed by atoms with E-state index in [0.29, 0.717) is 16.7 Å². The van der Waals surface area contributed by atoms with Crippen molar-refractivity contribution in [3.63, 3.8) is 0 Å². The second-order valence-electron chi connectivity index (χ2n) is 6.73. The fourth-order valence-electron chi connectivity index (χ4n) is 3.26. The lowest BCUT2D eigenvalue weighted by molar-refractivity contribution is 0.224. The van der Waals surface area contributed by atoms with Gasteiger partial charge in [0.1, 0.15) is 0 Å². The first-order chi connectivity index (χ1) is 14.8. The molecule has 1 aliphatic heterocycles. The van der Waals surface area contributed by atoms with Crippen LogP contribution in [0.2, 0.25) is 0 Å². The molecule has 3 aromatic carbocycles. The summed E-state index contributed by atoms with van der Waals surface area (Å²) >= 11 is 5.17. The first-order valence-electron chi connectivity index (χ1n) is 9.46. The molecule has 1 atom stereocenters. The van der Waals surface area contributed by atoms with Gasteiger partial charge in [-0.15, -0.1) is 10.2 Å². The van der Waals surface area contributed by atoms with Gasteiger partial charge in [-0.05, 0) is 17.7 Å². The number of ether oxygens (including phenoxy) is 1. The van der Waals surface area contributed by atoms with Crippen LogP contribution >= 0.6 is 27.7 Å². The molecule has 5 rings (SSSR count). The Labute approximate surface area is 187 Å². The molecule has 1 aliphatic rings. The molecule has 1 aromatic heterocycles. The molecule has 7 heteroatoms. The lowest BCUT2D eigenvalue weighted by Gasteiger charge is -2.20. The number of halogens is 1. The number of nitrogens with one attached hydrogen (secondary N) is 1. The van der Waals surface area contributed by atoms with Gasteiger partial charge in [-0.2, -0.15) is 4.98 Å². The zero-order valence-electron chi connectivity index (χ0n) is 15.8. The van der Waals surface area contributed by atoms with Crippen LogP contribution in [-0.2, 0) is 5.75 Å². The maximum atomic E-state index is 6.33. The lowest BCUT2D eigenvalue weighted by Crippen LogP contribution is -2.17. The Balaban J connectivity index is 1.52. The summed E-state index contributed by atoms with van der Waals surface area (Å²) in [5.41, 5.74) is 4.67. The van der Waals surface area contributed by atoms with Gasteiger partial charge in [-0.1, -0.05) is 94.4 Å². The second kappa shape index (κ2) is 8.45. The molecule has 5 nitrogen and oxygen atoms in total. The molecule has 0 amide bonds. The van der Waals surface area contributed by atoms with E-state index in [1.54, 1.807) is 11.8 Å². The van der Waals surface area contributed by atoms with Crippen LogP contribution in [0.5, 0.6) is 5.88 Å². The van der Waals surface area contributed by atoms with Gasteiger partial charge in [0, 0.05) is 27.0 Å². The van der Waals surface area contributed by atoms with E-state index in [1.807, 2.05) is 66.7 Å². The first-order valence-corrected chi connectivity index (χ1v) is 11.2. The summed E-state index contributed by atoms with van der Waals surface area (Å²) in [7, 11) is 0. The molecule has 0 fully saturated rings. The fourth-order valence-corrected chi connectivity index (χ4v) is 4.49. The number of para-hydroxylation sites is 1. The number of rotatable bonds is 4. The number of thioether (sulfide) groups is 1. The van der Waals surface area contributed by atoms with Crippen LogP contribution in [0.3, 0.4) is 0 Å². The number of hydrogen-bond donors (Lipinski definition) is 1. The molecular weight excluding hydrogens is 460 g/mol. The van der Waals surface area contributed by atoms with Crippen molar-refractivity contribution in [2.24, 2.45) is 0 Å². The van der Waals surface area contributed by atoms with Gasteiger partial charge in [0.15, 0.2) is 11.9 Å². The van der Waals surface area contributed by atoms with Crippen LogP contribution in [0.1, 0.15) is 17.4 Å². The lowest BCUT2D eigenvalue weighted by atomic mass is 10.1. The smallest absolute Gasteiger partial charge is 0.247 e. The molecular formula is C23H17BrN4OS. The van der Waals surface area contributed by atoms with Gasteiger partial charge in [0.05, 0.1) is 0 Å². The van der Waals surface area contributed by atoms with Gasteiger partial charge in [-0.3, -0.25) is 0 Å². The normalized spacial score (nSPS) is 14.6. The first kappa shape index (κ1) is 19.1. The molecule has 0 radical (unpaired) electrons. The zero-order valence-corrected chi connectivity index (χ0v) is 18.2. The summed E-state index contributed by atoms with van der Waals surface area (Å²) < 4.78 is 7.29. The van der Waals surface area contributed by atoms with Crippen molar-refractivity contribution in [2.75, 3.05) is 5.32 Å². The summed E-state index contributed by atoms with van der Waals surface area (Å²) in [5, 5.41) is 12.9. The molecule has 0 saturated heterocycles. The minimum absolute atomic E-state index is 0.411. The molecule has 148 valence electrons. The predicted molar refractivity (Wildman–Crippen MR) is 122 cm³/mol. The molecule has 0 aliphatic carbocycles. The predicted octanol–water partition coefficient (Wildman–Crippen LogP) is 6.10. The van der Waals surface area contributed by atoms with E-state index in [1.165, 1.54) is 5.56 Å². The number of fused-ring (bicyclic) bond motifs is 3. The van der Waals surface area contributed by atoms with Crippen LogP contribution < -0.4 is 10.1 Å². The number of hydrogen-bond acceptors (Lipinski definition) is 6. The highest BCUT2D eigenvalue weighted by atomic mass is 79.9. The molecule has 2 heterocycles. The third-order valence-electron chi connectivity index (χ3n) is 4.73. The highest BCUT2D eigenvalue weighted by Crippen LogP contribution is 2.40. The average molecular weight is 477 g/mol. The Morgan fingerprint density at radius 1 is 0.900 bits per heavy atom. The average Bonchev–Trinajstić information content (AvgIpc) is 2.95. The zero-order chi connectivity index (χ0) is 20.3. The van der Waals surface area contributed by atoms with E-state index in [4.69, 9.17) is 9.72 Å². The molecule has 30 heavy (non-hydrogen) atoms. The number of aromatic nitrogens is 3. The number of nitrogens with zero attached hydrogens (tertiary/aromatic N) is 3. The van der Waals surface area contributed by atoms with Crippen molar-refractivity contribution in [2.45, 2.75) is 17.1 Å².